The number of nitrogens with two attached hydrogens (primary N) is 1. The average molecular weight is 443 g/mol. The number of rotatable bonds is 3. The first-order valence-corrected chi connectivity index (χ1v) is 11.8. The molecular formula is C24H30BN7O. The minimum absolute atomic E-state index is 0.118. The maximum absolute atomic E-state index is 9.98. The van der Waals surface area contributed by atoms with Crippen LogP contribution in [0.1, 0.15) is 64.0 Å². The fourth-order valence-electron chi connectivity index (χ4n) is 5.25. The molecule has 9 heteroatoms. The van der Waals surface area contributed by atoms with Crippen molar-refractivity contribution in [3.8, 4) is 11.1 Å². The summed E-state index contributed by atoms with van der Waals surface area (Å²) < 4.78 is 3.46. The van der Waals surface area contributed by atoms with Crippen molar-refractivity contribution in [2.75, 3.05) is 5.73 Å². The summed E-state index contributed by atoms with van der Waals surface area (Å²) in [6.07, 6.45) is 21.4. The van der Waals surface area contributed by atoms with Crippen molar-refractivity contribution in [3.63, 3.8) is 0 Å². The van der Waals surface area contributed by atoms with Gasteiger partial charge in [0.2, 0.25) is 11.7 Å². The molecule has 0 saturated heterocycles. The Morgan fingerprint density at radius 3 is 2.55 bits per heavy atom. The molecule has 4 aromatic rings. The van der Waals surface area contributed by atoms with Crippen LogP contribution in [0.2, 0.25) is 0 Å². The first kappa shape index (κ1) is 21.9. The Morgan fingerprint density at radius 2 is 1.88 bits per heavy atom. The van der Waals surface area contributed by atoms with Gasteiger partial charge in [0.05, 0.1) is 11.2 Å². The second-order valence-corrected chi connectivity index (χ2v) is 9.86. The lowest BCUT2D eigenvalue weighted by molar-refractivity contribution is 0.0775. The predicted octanol–water partition coefficient (Wildman–Crippen LogP) is 3.56. The molecule has 1 unspecified atom stereocenters. The first-order chi connectivity index (χ1) is 15.8. The lowest BCUT2D eigenvalue weighted by Gasteiger charge is -2.45. The highest BCUT2D eigenvalue weighted by Gasteiger charge is 2.37. The van der Waals surface area contributed by atoms with Crippen molar-refractivity contribution in [2.45, 2.75) is 70.2 Å². The summed E-state index contributed by atoms with van der Waals surface area (Å²) in [6.45, 7) is 1.52. The fraction of sp³-hybridized carbons (Fsp3) is 0.500. The van der Waals surface area contributed by atoms with Gasteiger partial charge in [-0.3, -0.25) is 4.40 Å². The van der Waals surface area contributed by atoms with Gasteiger partial charge in [-0.1, -0.05) is 25.7 Å². The summed E-state index contributed by atoms with van der Waals surface area (Å²) in [7, 11) is 5.75. The molecule has 0 amide bonds. The Kier molecular flexibility index (Phi) is 5.60. The third kappa shape index (κ3) is 4.60. The van der Waals surface area contributed by atoms with Crippen LogP contribution in [0.25, 0.3) is 22.4 Å². The molecule has 8 nitrogen and oxygen atoms in total. The summed E-state index contributed by atoms with van der Waals surface area (Å²) in [4.78, 5) is 12.7. The average Bonchev–Trinajstić information content (AvgIpc) is 3.39. The monoisotopic (exact) mass is 443 g/mol. The van der Waals surface area contributed by atoms with Crippen molar-refractivity contribution in [1.82, 2.24) is 29.0 Å². The molecule has 2 radical (unpaired) electrons. The number of hydrogen-bond acceptors (Lipinski definition) is 6. The van der Waals surface area contributed by atoms with E-state index < -0.39 is 5.50 Å². The van der Waals surface area contributed by atoms with Crippen LogP contribution in [0.15, 0.2) is 37.1 Å². The van der Waals surface area contributed by atoms with Crippen LogP contribution >= 0.6 is 0 Å². The van der Waals surface area contributed by atoms with Crippen molar-refractivity contribution in [1.29, 1.82) is 0 Å². The Morgan fingerprint density at radius 1 is 1.12 bits per heavy atom. The largest absolute Gasteiger partial charge is 0.400 e. The van der Waals surface area contributed by atoms with Gasteiger partial charge in [0.1, 0.15) is 7.85 Å². The second-order valence-electron chi connectivity index (χ2n) is 9.86. The molecule has 0 aromatic carbocycles. The number of fused-ring (bicyclic) bond motifs is 2. The van der Waals surface area contributed by atoms with Gasteiger partial charge in [-0.05, 0) is 44.1 Å². The summed E-state index contributed by atoms with van der Waals surface area (Å²) in [6, 6.07) is 1.90. The molecule has 2 fully saturated rings. The van der Waals surface area contributed by atoms with Gasteiger partial charge >= 0.3 is 0 Å². The van der Waals surface area contributed by atoms with Gasteiger partial charge in [-0.15, -0.1) is 5.10 Å². The highest BCUT2D eigenvalue weighted by molar-refractivity contribution is 6.14. The van der Waals surface area contributed by atoms with E-state index in [1.54, 1.807) is 48.8 Å². The van der Waals surface area contributed by atoms with Crippen LogP contribution in [-0.4, -0.2) is 47.4 Å². The van der Waals surface area contributed by atoms with Gasteiger partial charge in [0.25, 0.3) is 0 Å². The van der Waals surface area contributed by atoms with E-state index in [1.807, 2.05) is 22.9 Å². The number of imidazole rings is 1. The third-order valence-corrected chi connectivity index (χ3v) is 7.01. The van der Waals surface area contributed by atoms with Crippen LogP contribution in [0, 0.1) is 5.41 Å². The van der Waals surface area contributed by atoms with Gasteiger partial charge in [-0.2, -0.15) is 0 Å². The zero-order valence-electron chi connectivity index (χ0n) is 19.1. The van der Waals surface area contributed by atoms with E-state index in [-0.39, 0.29) is 12.4 Å². The standard InChI is InChI=1S/C15H14BN7O.C9H16/c1-15(16,24)6-11-12-10(2-4-23(12)21-13(17)20-11)9-7-19-14-18-3-5-22(14)8-9;1-2-5-9(6-3-1)7-4-8-9/h2-5,7-8,24H,6H2,1H3,(H2,17,21);1-8H2. The van der Waals surface area contributed by atoms with E-state index in [4.69, 9.17) is 13.6 Å². The molecule has 2 aliphatic rings. The highest BCUT2D eigenvalue weighted by atomic mass is 16.3. The number of aromatic nitrogens is 6. The van der Waals surface area contributed by atoms with Crippen molar-refractivity contribution < 1.29 is 5.11 Å². The number of anilines is 1. The number of nitrogens with zero attached hydrogens (tertiary/aromatic N) is 6. The van der Waals surface area contributed by atoms with Gasteiger partial charge in [0, 0.05) is 54.0 Å². The predicted molar refractivity (Wildman–Crippen MR) is 129 cm³/mol. The van der Waals surface area contributed by atoms with Crippen molar-refractivity contribution in [2.24, 2.45) is 5.41 Å². The first-order valence-electron chi connectivity index (χ1n) is 11.8. The van der Waals surface area contributed by atoms with Gasteiger partial charge in [-0.25, -0.2) is 19.5 Å². The van der Waals surface area contributed by atoms with Crippen LogP contribution in [-0.2, 0) is 6.42 Å². The van der Waals surface area contributed by atoms with Gasteiger partial charge < -0.3 is 10.8 Å². The minimum Gasteiger partial charge on any atom is -0.400 e. The smallest absolute Gasteiger partial charge is 0.238 e. The molecular weight excluding hydrogens is 413 g/mol. The maximum Gasteiger partial charge on any atom is 0.238 e. The quantitative estimate of drug-likeness (QED) is 0.469. The molecule has 0 aliphatic heterocycles. The minimum atomic E-state index is -1.41. The molecule has 4 aromatic heterocycles. The van der Waals surface area contributed by atoms with E-state index in [1.165, 1.54) is 32.6 Å². The molecule has 1 atom stereocenters. The zero-order valence-corrected chi connectivity index (χ0v) is 19.1. The van der Waals surface area contributed by atoms with Crippen molar-refractivity contribution >= 4 is 25.1 Å². The number of hydrogen-bond donors (Lipinski definition) is 2. The van der Waals surface area contributed by atoms with E-state index in [9.17, 15) is 5.11 Å². The Bertz CT molecular complexity index is 1260. The SMILES string of the molecule is C1CCC2(CC1)CCC2.[B]C(C)(O)Cc1nc(N)nn2ccc(-c3cnc4nccn4c3)c12. The summed E-state index contributed by atoms with van der Waals surface area (Å²) in [5.41, 5.74) is 8.30. The summed E-state index contributed by atoms with van der Waals surface area (Å²) in [5.74, 6) is 0.736. The van der Waals surface area contributed by atoms with E-state index in [0.717, 1.165) is 22.1 Å². The lowest BCUT2D eigenvalue weighted by atomic mass is 9.61. The van der Waals surface area contributed by atoms with Crippen molar-refractivity contribution in [3.05, 3.63) is 42.7 Å². The van der Waals surface area contributed by atoms with Gasteiger partial charge in [0.15, 0.2) is 0 Å². The normalized spacial score (nSPS) is 19.1. The van der Waals surface area contributed by atoms with E-state index in [0.29, 0.717) is 11.5 Å². The highest BCUT2D eigenvalue weighted by Crippen LogP contribution is 2.51. The molecule has 2 aliphatic carbocycles. The lowest BCUT2D eigenvalue weighted by Crippen LogP contribution is -2.31. The Balaban J connectivity index is 0.000000211. The van der Waals surface area contributed by atoms with Crippen LogP contribution in [0.3, 0.4) is 0 Å². The van der Waals surface area contributed by atoms with Crippen LogP contribution in [0.5, 0.6) is 0 Å². The summed E-state index contributed by atoms with van der Waals surface area (Å²) in [5, 5.41) is 14.2. The van der Waals surface area contributed by atoms with Crippen LogP contribution in [0.4, 0.5) is 5.95 Å². The Hall–Kier alpha value is -2.94. The topological polar surface area (TPSA) is 107 Å². The molecule has 1 spiro atoms. The molecule has 170 valence electrons. The Labute approximate surface area is 194 Å². The summed E-state index contributed by atoms with van der Waals surface area (Å²) >= 11 is 0. The van der Waals surface area contributed by atoms with E-state index in [2.05, 4.69) is 20.1 Å². The zero-order chi connectivity index (χ0) is 23.1. The third-order valence-electron chi connectivity index (χ3n) is 7.01. The molecule has 4 heterocycles. The molecule has 33 heavy (non-hydrogen) atoms. The van der Waals surface area contributed by atoms with E-state index >= 15 is 0 Å². The van der Waals surface area contributed by atoms with Crippen LogP contribution < -0.4 is 5.73 Å². The number of nitrogen functional groups attached to an aromatic ring is 1. The molecule has 3 N–H and O–H groups in total. The number of aliphatic hydroxyl groups is 1. The molecule has 2 saturated carbocycles. The molecule has 6 rings (SSSR count). The second kappa shape index (κ2) is 8.45. The maximum atomic E-state index is 9.98. The fourth-order valence-corrected chi connectivity index (χ4v) is 5.25. The molecule has 0 bridgehead atoms.